The number of hydrogen-bond donors (Lipinski definition) is 0. The zero-order valence-electron chi connectivity index (χ0n) is 10.4. The molecule has 0 fully saturated rings. The first-order valence-corrected chi connectivity index (χ1v) is 6.61. The van der Waals surface area contributed by atoms with Crippen molar-refractivity contribution >= 4 is 15.8 Å². The summed E-state index contributed by atoms with van der Waals surface area (Å²) in [5, 5.41) is 0. The standard InChI is InChI=1S/C12H16O4S/c1-12(2,3)17(14,15)10-7-5-9(6-8-10)11(13)16-4/h5-8H,1-4H3. The molecule has 1 rings (SSSR count). The maximum absolute atomic E-state index is 12.1. The molecule has 0 heterocycles. The molecule has 0 aliphatic heterocycles. The van der Waals surface area contributed by atoms with Crippen LogP contribution in [-0.2, 0) is 14.6 Å². The molecule has 0 spiro atoms. The number of hydrogen-bond acceptors (Lipinski definition) is 4. The van der Waals surface area contributed by atoms with Gasteiger partial charge < -0.3 is 4.74 Å². The van der Waals surface area contributed by atoms with Crippen LogP contribution in [0.15, 0.2) is 29.2 Å². The molecule has 0 aliphatic rings. The van der Waals surface area contributed by atoms with Crippen LogP contribution < -0.4 is 0 Å². The molecule has 5 heteroatoms. The fraction of sp³-hybridized carbons (Fsp3) is 0.417. The van der Waals surface area contributed by atoms with Crippen LogP contribution in [0.25, 0.3) is 0 Å². The Labute approximate surface area is 102 Å². The minimum atomic E-state index is -3.38. The van der Waals surface area contributed by atoms with Crippen LogP contribution in [0.1, 0.15) is 31.1 Å². The van der Waals surface area contributed by atoms with Crippen molar-refractivity contribution in [3.8, 4) is 0 Å². The van der Waals surface area contributed by atoms with Crippen molar-refractivity contribution in [3.63, 3.8) is 0 Å². The Bertz CT molecular complexity index is 506. The molecule has 0 atom stereocenters. The Morgan fingerprint density at radius 1 is 1.12 bits per heavy atom. The van der Waals surface area contributed by atoms with E-state index in [1.807, 2.05) is 0 Å². The van der Waals surface area contributed by atoms with Gasteiger partial charge in [-0.2, -0.15) is 0 Å². The van der Waals surface area contributed by atoms with Crippen molar-refractivity contribution in [2.24, 2.45) is 0 Å². The molecule has 17 heavy (non-hydrogen) atoms. The minimum absolute atomic E-state index is 0.206. The van der Waals surface area contributed by atoms with Crippen LogP contribution >= 0.6 is 0 Å². The molecule has 4 nitrogen and oxygen atoms in total. The highest BCUT2D eigenvalue weighted by Gasteiger charge is 2.30. The number of esters is 1. The van der Waals surface area contributed by atoms with Gasteiger partial charge in [0.15, 0.2) is 9.84 Å². The molecule has 0 saturated heterocycles. The second-order valence-corrected chi connectivity index (χ2v) is 7.33. The predicted molar refractivity (Wildman–Crippen MR) is 64.7 cm³/mol. The normalized spacial score (nSPS) is 12.2. The van der Waals surface area contributed by atoms with Gasteiger partial charge in [-0.25, -0.2) is 13.2 Å². The molecule has 1 aromatic carbocycles. The fourth-order valence-corrected chi connectivity index (χ4v) is 2.44. The van der Waals surface area contributed by atoms with E-state index in [1.54, 1.807) is 20.8 Å². The topological polar surface area (TPSA) is 60.4 Å². The second kappa shape index (κ2) is 4.49. The summed E-state index contributed by atoms with van der Waals surface area (Å²) in [4.78, 5) is 11.4. The third-order valence-corrected chi connectivity index (χ3v) is 4.90. The van der Waals surface area contributed by atoms with Gasteiger partial charge in [-0.05, 0) is 45.0 Å². The largest absolute Gasteiger partial charge is 0.465 e. The van der Waals surface area contributed by atoms with E-state index < -0.39 is 20.6 Å². The number of benzene rings is 1. The van der Waals surface area contributed by atoms with E-state index in [-0.39, 0.29) is 4.90 Å². The molecule has 0 bridgehead atoms. The van der Waals surface area contributed by atoms with E-state index in [4.69, 9.17) is 0 Å². The monoisotopic (exact) mass is 256 g/mol. The van der Waals surface area contributed by atoms with Gasteiger partial charge in [0.1, 0.15) is 0 Å². The quantitative estimate of drug-likeness (QED) is 0.760. The van der Waals surface area contributed by atoms with E-state index in [2.05, 4.69) is 4.74 Å². The molecule has 0 N–H and O–H groups in total. The van der Waals surface area contributed by atoms with Gasteiger partial charge in [-0.1, -0.05) is 0 Å². The van der Waals surface area contributed by atoms with Crippen molar-refractivity contribution in [1.82, 2.24) is 0 Å². The third kappa shape index (κ3) is 2.66. The van der Waals surface area contributed by atoms with E-state index >= 15 is 0 Å². The van der Waals surface area contributed by atoms with Gasteiger partial charge in [0.05, 0.1) is 22.3 Å². The Morgan fingerprint density at radius 3 is 1.94 bits per heavy atom. The average molecular weight is 256 g/mol. The highest BCUT2D eigenvalue weighted by Crippen LogP contribution is 2.24. The van der Waals surface area contributed by atoms with Crippen LogP contribution in [0.3, 0.4) is 0 Å². The molecule has 0 saturated carbocycles. The maximum atomic E-state index is 12.1. The molecular weight excluding hydrogens is 240 g/mol. The van der Waals surface area contributed by atoms with Gasteiger partial charge in [-0.3, -0.25) is 0 Å². The summed E-state index contributed by atoms with van der Waals surface area (Å²) < 4.78 is 27.9. The number of methoxy groups -OCH3 is 1. The van der Waals surface area contributed by atoms with Crippen molar-refractivity contribution in [1.29, 1.82) is 0 Å². The van der Waals surface area contributed by atoms with E-state index in [0.717, 1.165) is 0 Å². The van der Waals surface area contributed by atoms with E-state index in [9.17, 15) is 13.2 Å². The fourth-order valence-electron chi connectivity index (χ4n) is 1.24. The lowest BCUT2D eigenvalue weighted by molar-refractivity contribution is 0.0600. The van der Waals surface area contributed by atoms with Gasteiger partial charge in [-0.15, -0.1) is 0 Å². The number of carbonyl (C=O) groups is 1. The summed E-state index contributed by atoms with van der Waals surface area (Å²) in [6, 6.07) is 5.74. The summed E-state index contributed by atoms with van der Waals surface area (Å²) in [6.45, 7) is 4.91. The van der Waals surface area contributed by atoms with Gasteiger partial charge in [0.25, 0.3) is 0 Å². The van der Waals surface area contributed by atoms with Gasteiger partial charge in [0.2, 0.25) is 0 Å². The summed E-state index contributed by atoms with van der Waals surface area (Å²) in [7, 11) is -2.10. The van der Waals surface area contributed by atoms with Crippen LogP contribution in [0, 0.1) is 0 Å². The zero-order chi connectivity index (χ0) is 13.3. The first-order chi connectivity index (χ1) is 7.70. The summed E-state index contributed by atoms with van der Waals surface area (Å²) in [6.07, 6.45) is 0. The molecular formula is C12H16O4S. The van der Waals surface area contributed by atoms with Crippen molar-refractivity contribution in [2.75, 3.05) is 7.11 Å². The maximum Gasteiger partial charge on any atom is 0.337 e. The number of ether oxygens (including phenoxy) is 1. The van der Waals surface area contributed by atoms with Crippen LogP contribution in [0.5, 0.6) is 0 Å². The van der Waals surface area contributed by atoms with Gasteiger partial charge >= 0.3 is 5.97 Å². The molecule has 0 amide bonds. The average Bonchev–Trinajstić information content (AvgIpc) is 2.26. The molecule has 94 valence electrons. The summed E-state index contributed by atoms with van der Waals surface area (Å²) in [5.41, 5.74) is 0.334. The molecule has 0 aromatic heterocycles. The van der Waals surface area contributed by atoms with Crippen molar-refractivity contribution in [2.45, 2.75) is 30.4 Å². The number of sulfone groups is 1. The smallest absolute Gasteiger partial charge is 0.337 e. The lowest BCUT2D eigenvalue weighted by atomic mass is 10.2. The Kier molecular flexibility index (Phi) is 3.62. The number of carbonyl (C=O) groups excluding carboxylic acids is 1. The Hall–Kier alpha value is -1.36. The first kappa shape index (κ1) is 13.7. The molecule has 1 aromatic rings. The molecule has 0 aliphatic carbocycles. The third-order valence-electron chi connectivity index (χ3n) is 2.39. The van der Waals surface area contributed by atoms with Gasteiger partial charge in [0, 0.05) is 0 Å². The summed E-state index contributed by atoms with van der Waals surface area (Å²) >= 11 is 0. The second-order valence-electron chi connectivity index (χ2n) is 4.63. The lowest BCUT2D eigenvalue weighted by Crippen LogP contribution is -2.27. The van der Waals surface area contributed by atoms with Crippen molar-refractivity contribution in [3.05, 3.63) is 29.8 Å². The molecule has 0 unspecified atom stereocenters. The highest BCUT2D eigenvalue weighted by atomic mass is 32.2. The highest BCUT2D eigenvalue weighted by molar-refractivity contribution is 7.92. The summed E-state index contributed by atoms with van der Waals surface area (Å²) in [5.74, 6) is -0.482. The number of rotatable bonds is 2. The molecule has 0 radical (unpaired) electrons. The van der Waals surface area contributed by atoms with Crippen LogP contribution in [0.2, 0.25) is 0 Å². The Morgan fingerprint density at radius 2 is 1.59 bits per heavy atom. The SMILES string of the molecule is COC(=O)c1ccc(S(=O)(=O)C(C)(C)C)cc1. The predicted octanol–water partition coefficient (Wildman–Crippen LogP) is 2.05. The van der Waals surface area contributed by atoms with E-state index in [0.29, 0.717) is 5.56 Å². The zero-order valence-corrected chi connectivity index (χ0v) is 11.2. The lowest BCUT2D eigenvalue weighted by Gasteiger charge is -2.19. The Balaban J connectivity index is 3.17. The van der Waals surface area contributed by atoms with Crippen LogP contribution in [0.4, 0.5) is 0 Å². The van der Waals surface area contributed by atoms with Crippen molar-refractivity contribution < 1.29 is 17.9 Å². The van der Waals surface area contributed by atoms with Crippen LogP contribution in [-0.4, -0.2) is 26.2 Å². The minimum Gasteiger partial charge on any atom is -0.465 e. The van der Waals surface area contributed by atoms with E-state index in [1.165, 1.54) is 31.4 Å². The first-order valence-electron chi connectivity index (χ1n) is 5.13.